The van der Waals surface area contributed by atoms with Gasteiger partial charge in [0.05, 0.1) is 19.0 Å². The van der Waals surface area contributed by atoms with Gasteiger partial charge in [-0.25, -0.2) is 12.7 Å². The van der Waals surface area contributed by atoms with E-state index in [0.29, 0.717) is 37.8 Å². The largest absolute Gasteiger partial charge is 0.377 e. The Hall–Kier alpha value is -0.170. The van der Waals surface area contributed by atoms with Crippen LogP contribution in [0.2, 0.25) is 0 Å². The number of hydrogen-bond acceptors (Lipinski definition) is 4. The fraction of sp³-hybridized carbons (Fsp3) is 1.00. The molecule has 0 aromatic heterocycles. The molecule has 0 spiro atoms. The van der Waals surface area contributed by atoms with Crippen LogP contribution in [-0.4, -0.2) is 57.4 Å². The Kier molecular flexibility index (Phi) is 5.22. The molecule has 112 valence electrons. The standard InChI is InChI=1S/C13H26N2O3S/c1-11-5-6-13(8-14-11)18-10-12-4-3-7-15(9-12)19(2,16)17/h11-14H,3-10H2,1-2H3. The number of piperidine rings is 2. The van der Waals surface area contributed by atoms with E-state index in [1.165, 1.54) is 6.26 Å². The number of nitrogens with one attached hydrogen (secondary N) is 1. The summed E-state index contributed by atoms with van der Waals surface area (Å²) in [4.78, 5) is 0. The number of rotatable bonds is 4. The Morgan fingerprint density at radius 1 is 1.32 bits per heavy atom. The molecular formula is C13H26N2O3S. The van der Waals surface area contributed by atoms with Crippen molar-refractivity contribution < 1.29 is 13.2 Å². The molecule has 0 aromatic carbocycles. The summed E-state index contributed by atoms with van der Waals surface area (Å²) in [7, 11) is -3.04. The van der Waals surface area contributed by atoms with E-state index in [2.05, 4.69) is 12.2 Å². The first kappa shape index (κ1) is 15.2. The topological polar surface area (TPSA) is 58.6 Å². The van der Waals surface area contributed by atoms with Gasteiger partial charge in [0.25, 0.3) is 0 Å². The summed E-state index contributed by atoms with van der Waals surface area (Å²) in [6.07, 6.45) is 5.87. The number of sulfonamides is 1. The van der Waals surface area contributed by atoms with Crippen LogP contribution in [0.4, 0.5) is 0 Å². The molecule has 0 aromatic rings. The molecule has 2 saturated heterocycles. The molecule has 3 atom stereocenters. The van der Waals surface area contributed by atoms with Gasteiger partial charge in [0.2, 0.25) is 10.0 Å². The average Bonchev–Trinajstić information content (AvgIpc) is 2.37. The van der Waals surface area contributed by atoms with Crippen molar-refractivity contribution in [2.45, 2.75) is 44.8 Å². The van der Waals surface area contributed by atoms with Crippen LogP contribution in [0, 0.1) is 5.92 Å². The van der Waals surface area contributed by atoms with E-state index in [4.69, 9.17) is 4.74 Å². The summed E-state index contributed by atoms with van der Waals surface area (Å²) in [5.74, 6) is 0.350. The zero-order valence-electron chi connectivity index (χ0n) is 12.0. The van der Waals surface area contributed by atoms with Crippen molar-refractivity contribution in [1.29, 1.82) is 0 Å². The lowest BCUT2D eigenvalue weighted by atomic mass is 10.00. The summed E-state index contributed by atoms with van der Waals surface area (Å²) in [6, 6.07) is 0.593. The smallest absolute Gasteiger partial charge is 0.211 e. The van der Waals surface area contributed by atoms with Crippen LogP contribution in [0.25, 0.3) is 0 Å². The van der Waals surface area contributed by atoms with Crippen LogP contribution in [0.15, 0.2) is 0 Å². The minimum absolute atomic E-state index is 0.296. The van der Waals surface area contributed by atoms with Gasteiger partial charge in [-0.2, -0.15) is 0 Å². The Morgan fingerprint density at radius 2 is 2.11 bits per heavy atom. The van der Waals surface area contributed by atoms with E-state index in [-0.39, 0.29) is 0 Å². The lowest BCUT2D eigenvalue weighted by Gasteiger charge is -2.33. The molecular weight excluding hydrogens is 264 g/mol. The second-order valence-corrected chi connectivity index (χ2v) is 7.95. The third-order valence-corrected chi connectivity index (χ3v) is 5.40. The number of ether oxygens (including phenoxy) is 1. The Bertz CT molecular complexity index is 377. The van der Waals surface area contributed by atoms with Gasteiger partial charge in [0.1, 0.15) is 0 Å². The van der Waals surface area contributed by atoms with E-state index in [1.54, 1.807) is 4.31 Å². The highest BCUT2D eigenvalue weighted by molar-refractivity contribution is 7.88. The predicted octanol–water partition coefficient (Wildman–Crippen LogP) is 0.815. The fourth-order valence-electron chi connectivity index (χ4n) is 2.85. The molecule has 2 aliphatic heterocycles. The molecule has 0 saturated carbocycles. The quantitative estimate of drug-likeness (QED) is 0.832. The van der Waals surface area contributed by atoms with Crippen molar-refractivity contribution in [3.63, 3.8) is 0 Å². The first-order valence-electron chi connectivity index (χ1n) is 7.25. The van der Waals surface area contributed by atoms with E-state index in [0.717, 1.165) is 32.2 Å². The van der Waals surface area contributed by atoms with E-state index in [1.807, 2.05) is 0 Å². The highest BCUT2D eigenvalue weighted by Crippen LogP contribution is 2.20. The molecule has 0 bridgehead atoms. The zero-order valence-corrected chi connectivity index (χ0v) is 12.8. The van der Waals surface area contributed by atoms with Gasteiger partial charge in [0.15, 0.2) is 0 Å². The van der Waals surface area contributed by atoms with Crippen molar-refractivity contribution in [2.75, 3.05) is 32.5 Å². The van der Waals surface area contributed by atoms with Crippen molar-refractivity contribution in [3.05, 3.63) is 0 Å². The summed E-state index contributed by atoms with van der Waals surface area (Å²) in [5, 5.41) is 3.42. The highest BCUT2D eigenvalue weighted by Gasteiger charge is 2.27. The second-order valence-electron chi connectivity index (χ2n) is 5.97. The first-order valence-corrected chi connectivity index (χ1v) is 9.10. The summed E-state index contributed by atoms with van der Waals surface area (Å²) < 4.78 is 30.6. The summed E-state index contributed by atoms with van der Waals surface area (Å²) in [6.45, 7) is 5.09. The molecule has 6 heteroatoms. The third-order valence-electron chi connectivity index (χ3n) is 4.13. The van der Waals surface area contributed by atoms with Gasteiger partial charge >= 0.3 is 0 Å². The van der Waals surface area contributed by atoms with Crippen LogP contribution in [0.1, 0.15) is 32.6 Å². The van der Waals surface area contributed by atoms with Gasteiger partial charge in [0, 0.05) is 25.7 Å². The van der Waals surface area contributed by atoms with E-state index in [9.17, 15) is 8.42 Å². The van der Waals surface area contributed by atoms with Crippen LogP contribution in [0.3, 0.4) is 0 Å². The Morgan fingerprint density at radius 3 is 2.74 bits per heavy atom. The lowest BCUT2D eigenvalue weighted by molar-refractivity contribution is 0.00110. The summed E-state index contributed by atoms with van der Waals surface area (Å²) >= 11 is 0. The Balaban J connectivity index is 1.74. The molecule has 0 aliphatic carbocycles. The van der Waals surface area contributed by atoms with Gasteiger partial charge in [-0.1, -0.05) is 0 Å². The highest BCUT2D eigenvalue weighted by atomic mass is 32.2. The molecule has 0 radical (unpaired) electrons. The molecule has 2 rings (SSSR count). The van der Waals surface area contributed by atoms with Crippen molar-refractivity contribution in [2.24, 2.45) is 5.92 Å². The predicted molar refractivity (Wildman–Crippen MR) is 75.6 cm³/mol. The van der Waals surface area contributed by atoms with Gasteiger partial charge in [-0.3, -0.25) is 0 Å². The third kappa shape index (κ3) is 4.70. The fourth-order valence-corrected chi connectivity index (χ4v) is 3.79. The van der Waals surface area contributed by atoms with Crippen LogP contribution < -0.4 is 5.32 Å². The maximum absolute atomic E-state index is 11.5. The van der Waals surface area contributed by atoms with Crippen LogP contribution >= 0.6 is 0 Å². The molecule has 0 amide bonds. The molecule has 5 nitrogen and oxygen atoms in total. The monoisotopic (exact) mass is 290 g/mol. The number of nitrogens with zero attached hydrogens (tertiary/aromatic N) is 1. The van der Waals surface area contributed by atoms with Gasteiger partial charge in [-0.05, 0) is 38.5 Å². The molecule has 2 heterocycles. The molecule has 2 fully saturated rings. The Labute approximate surface area is 116 Å². The maximum atomic E-state index is 11.5. The lowest BCUT2D eigenvalue weighted by Crippen LogP contribution is -2.43. The van der Waals surface area contributed by atoms with Crippen molar-refractivity contribution in [3.8, 4) is 0 Å². The van der Waals surface area contributed by atoms with Crippen LogP contribution in [0.5, 0.6) is 0 Å². The van der Waals surface area contributed by atoms with E-state index < -0.39 is 10.0 Å². The first-order chi connectivity index (χ1) is 8.95. The SMILES string of the molecule is CC1CCC(OCC2CCCN(S(C)(=O)=O)C2)CN1. The minimum atomic E-state index is -3.04. The maximum Gasteiger partial charge on any atom is 0.211 e. The molecule has 1 N–H and O–H groups in total. The van der Waals surface area contributed by atoms with Gasteiger partial charge in [-0.15, -0.1) is 0 Å². The zero-order chi connectivity index (χ0) is 13.9. The second kappa shape index (κ2) is 6.52. The van der Waals surface area contributed by atoms with Crippen LogP contribution in [-0.2, 0) is 14.8 Å². The molecule has 19 heavy (non-hydrogen) atoms. The van der Waals surface area contributed by atoms with Gasteiger partial charge < -0.3 is 10.1 Å². The average molecular weight is 290 g/mol. The normalized spacial score (nSPS) is 34.3. The van der Waals surface area contributed by atoms with Crippen molar-refractivity contribution in [1.82, 2.24) is 9.62 Å². The summed E-state index contributed by atoms with van der Waals surface area (Å²) in [5.41, 5.74) is 0. The molecule has 2 aliphatic rings. The van der Waals surface area contributed by atoms with Crippen molar-refractivity contribution >= 4 is 10.0 Å². The minimum Gasteiger partial charge on any atom is -0.377 e. The molecule has 3 unspecified atom stereocenters. The number of hydrogen-bond donors (Lipinski definition) is 1. The van der Waals surface area contributed by atoms with E-state index >= 15 is 0 Å².